The lowest BCUT2D eigenvalue weighted by Gasteiger charge is -2.19. The highest BCUT2D eigenvalue weighted by Gasteiger charge is 2.31. The van der Waals surface area contributed by atoms with E-state index in [4.69, 9.17) is 9.47 Å². The molecule has 140 valence electrons. The van der Waals surface area contributed by atoms with Gasteiger partial charge in [-0.2, -0.15) is 0 Å². The summed E-state index contributed by atoms with van der Waals surface area (Å²) in [4.78, 5) is 3.98. The third kappa shape index (κ3) is 5.48. The summed E-state index contributed by atoms with van der Waals surface area (Å²) >= 11 is 0. The molecular weight excluding hydrogens is 359 g/mol. The van der Waals surface area contributed by atoms with Crippen LogP contribution in [0.3, 0.4) is 0 Å². The van der Waals surface area contributed by atoms with E-state index in [-0.39, 0.29) is 30.1 Å². The van der Waals surface area contributed by atoms with Crippen LogP contribution in [0.15, 0.2) is 48.8 Å². The molecule has 0 aliphatic carbocycles. The first-order valence-corrected chi connectivity index (χ1v) is 10.0. The van der Waals surface area contributed by atoms with Crippen molar-refractivity contribution in [1.82, 2.24) is 9.71 Å². The van der Waals surface area contributed by atoms with Crippen LogP contribution in [0.5, 0.6) is 5.75 Å². The SMILES string of the molecule is O=S(=O)(CCOc1ccc(F)cc1)N[C@H]1COC[C@H]1Cc1ccncc1. The lowest BCUT2D eigenvalue weighted by molar-refractivity contribution is 0.183. The molecule has 1 aliphatic heterocycles. The summed E-state index contributed by atoms with van der Waals surface area (Å²) in [7, 11) is -3.51. The Labute approximate surface area is 152 Å². The van der Waals surface area contributed by atoms with Crippen molar-refractivity contribution in [1.29, 1.82) is 0 Å². The quantitative estimate of drug-likeness (QED) is 0.755. The number of benzene rings is 1. The summed E-state index contributed by atoms with van der Waals surface area (Å²) in [6.07, 6.45) is 4.16. The summed E-state index contributed by atoms with van der Waals surface area (Å²) in [5.41, 5.74) is 1.10. The van der Waals surface area contributed by atoms with Crippen molar-refractivity contribution >= 4 is 10.0 Å². The minimum Gasteiger partial charge on any atom is -0.492 e. The van der Waals surface area contributed by atoms with Crippen LogP contribution in [0.2, 0.25) is 0 Å². The molecule has 0 radical (unpaired) electrons. The normalized spacial score (nSPS) is 20.2. The molecule has 26 heavy (non-hydrogen) atoms. The van der Waals surface area contributed by atoms with Crippen molar-refractivity contribution in [3.8, 4) is 5.75 Å². The molecule has 1 N–H and O–H groups in total. The third-order valence-corrected chi connectivity index (χ3v) is 5.58. The molecule has 8 heteroatoms. The lowest BCUT2D eigenvalue weighted by Crippen LogP contribution is -2.42. The number of hydrogen-bond acceptors (Lipinski definition) is 5. The predicted octanol–water partition coefficient (Wildman–Crippen LogP) is 1.78. The molecule has 1 aliphatic rings. The van der Waals surface area contributed by atoms with Crippen LogP contribution in [0.1, 0.15) is 5.56 Å². The zero-order chi connectivity index (χ0) is 18.4. The number of sulfonamides is 1. The van der Waals surface area contributed by atoms with Crippen molar-refractivity contribution in [2.45, 2.75) is 12.5 Å². The molecule has 0 amide bonds. The molecule has 1 saturated heterocycles. The van der Waals surface area contributed by atoms with Crippen LogP contribution < -0.4 is 9.46 Å². The van der Waals surface area contributed by atoms with E-state index in [9.17, 15) is 12.8 Å². The summed E-state index contributed by atoms with van der Waals surface area (Å²) in [6, 6.07) is 9.03. The average Bonchev–Trinajstić information content (AvgIpc) is 3.03. The van der Waals surface area contributed by atoms with Crippen LogP contribution in [-0.4, -0.2) is 45.0 Å². The van der Waals surface area contributed by atoms with Crippen molar-refractivity contribution in [3.05, 3.63) is 60.2 Å². The first-order valence-electron chi connectivity index (χ1n) is 8.37. The monoisotopic (exact) mass is 380 g/mol. The molecule has 6 nitrogen and oxygen atoms in total. The molecule has 2 atom stereocenters. The van der Waals surface area contributed by atoms with E-state index < -0.39 is 10.0 Å². The van der Waals surface area contributed by atoms with Crippen LogP contribution in [-0.2, 0) is 21.2 Å². The number of pyridine rings is 1. The molecule has 0 bridgehead atoms. The Hall–Kier alpha value is -2.03. The summed E-state index contributed by atoms with van der Waals surface area (Å²) in [5, 5.41) is 0. The smallest absolute Gasteiger partial charge is 0.215 e. The van der Waals surface area contributed by atoms with Gasteiger partial charge in [0.1, 0.15) is 18.2 Å². The zero-order valence-electron chi connectivity index (χ0n) is 14.2. The summed E-state index contributed by atoms with van der Waals surface area (Å²) in [6.45, 7) is 0.860. The van der Waals surface area contributed by atoms with Crippen LogP contribution in [0, 0.1) is 11.7 Å². The Morgan fingerprint density at radius 1 is 1.15 bits per heavy atom. The van der Waals surface area contributed by atoms with E-state index in [0.717, 1.165) is 12.0 Å². The second-order valence-electron chi connectivity index (χ2n) is 6.20. The van der Waals surface area contributed by atoms with Gasteiger partial charge < -0.3 is 9.47 Å². The first-order chi connectivity index (χ1) is 12.5. The van der Waals surface area contributed by atoms with E-state index in [1.807, 2.05) is 12.1 Å². The van der Waals surface area contributed by atoms with E-state index in [2.05, 4.69) is 9.71 Å². The molecule has 0 saturated carbocycles. The number of aromatic nitrogens is 1. The number of halogens is 1. The molecule has 3 rings (SSSR count). The third-order valence-electron chi connectivity index (χ3n) is 4.21. The van der Waals surface area contributed by atoms with Gasteiger partial charge in [0.2, 0.25) is 10.0 Å². The fourth-order valence-corrected chi connectivity index (χ4v) is 3.98. The van der Waals surface area contributed by atoms with Gasteiger partial charge in [0.25, 0.3) is 0 Å². The van der Waals surface area contributed by atoms with Crippen molar-refractivity contribution in [2.24, 2.45) is 5.92 Å². The minimum absolute atomic E-state index is 0.0104. The minimum atomic E-state index is -3.51. The Bertz CT molecular complexity index is 800. The van der Waals surface area contributed by atoms with Gasteiger partial charge in [0.15, 0.2) is 0 Å². The second-order valence-corrected chi connectivity index (χ2v) is 8.08. The van der Waals surface area contributed by atoms with Crippen LogP contribution in [0.4, 0.5) is 4.39 Å². The van der Waals surface area contributed by atoms with Gasteiger partial charge in [-0.15, -0.1) is 0 Å². The van der Waals surface area contributed by atoms with E-state index >= 15 is 0 Å². The average molecular weight is 380 g/mol. The van der Waals surface area contributed by atoms with E-state index in [0.29, 0.717) is 19.0 Å². The fraction of sp³-hybridized carbons (Fsp3) is 0.389. The first kappa shape index (κ1) is 18.8. The highest BCUT2D eigenvalue weighted by atomic mass is 32.2. The predicted molar refractivity (Wildman–Crippen MR) is 94.9 cm³/mol. The molecular formula is C18H21FN2O4S. The Kier molecular flexibility index (Phi) is 6.18. The van der Waals surface area contributed by atoms with Crippen molar-refractivity contribution < 1.29 is 22.3 Å². The van der Waals surface area contributed by atoms with E-state index in [1.54, 1.807) is 12.4 Å². The number of nitrogens with one attached hydrogen (secondary N) is 1. The number of nitrogens with zero attached hydrogens (tertiary/aromatic N) is 1. The fourth-order valence-electron chi connectivity index (χ4n) is 2.84. The zero-order valence-corrected chi connectivity index (χ0v) is 15.0. The molecule has 0 unspecified atom stereocenters. The largest absolute Gasteiger partial charge is 0.492 e. The van der Waals surface area contributed by atoms with Gasteiger partial charge in [-0.1, -0.05) is 0 Å². The molecule has 1 aromatic heterocycles. The van der Waals surface area contributed by atoms with Gasteiger partial charge in [0, 0.05) is 18.3 Å². The maximum absolute atomic E-state index is 12.8. The lowest BCUT2D eigenvalue weighted by atomic mass is 9.96. The molecule has 0 spiro atoms. The van der Waals surface area contributed by atoms with Gasteiger partial charge in [-0.05, 0) is 48.4 Å². The summed E-state index contributed by atoms with van der Waals surface area (Å²) < 4.78 is 51.0. The molecule has 1 fully saturated rings. The van der Waals surface area contributed by atoms with E-state index in [1.165, 1.54) is 24.3 Å². The summed E-state index contributed by atoms with van der Waals surface area (Å²) in [5.74, 6) is -0.0391. The topological polar surface area (TPSA) is 77.5 Å². The van der Waals surface area contributed by atoms with Gasteiger partial charge in [-0.25, -0.2) is 17.5 Å². The number of hydrogen-bond donors (Lipinski definition) is 1. The Morgan fingerprint density at radius 2 is 1.88 bits per heavy atom. The van der Waals surface area contributed by atoms with Crippen LogP contribution in [0.25, 0.3) is 0 Å². The second kappa shape index (κ2) is 8.57. The maximum atomic E-state index is 12.8. The van der Waals surface area contributed by atoms with Gasteiger partial charge in [0.05, 0.1) is 25.0 Å². The van der Waals surface area contributed by atoms with Crippen molar-refractivity contribution in [2.75, 3.05) is 25.6 Å². The van der Waals surface area contributed by atoms with Gasteiger partial charge >= 0.3 is 0 Å². The standard InChI is InChI=1S/C18H21FN2O4S/c19-16-1-3-17(4-2-16)25-9-10-26(22,23)21-18-13-24-12-15(18)11-14-5-7-20-8-6-14/h1-8,15,18,21H,9-13H2/t15-,18+/m1/s1. The number of rotatable bonds is 8. The Balaban J connectivity index is 1.50. The molecule has 1 aromatic carbocycles. The highest BCUT2D eigenvalue weighted by molar-refractivity contribution is 7.89. The molecule has 2 heterocycles. The Morgan fingerprint density at radius 3 is 2.62 bits per heavy atom. The number of ether oxygens (including phenoxy) is 2. The van der Waals surface area contributed by atoms with Gasteiger partial charge in [-0.3, -0.25) is 4.98 Å². The highest BCUT2D eigenvalue weighted by Crippen LogP contribution is 2.20. The van der Waals surface area contributed by atoms with Crippen molar-refractivity contribution in [3.63, 3.8) is 0 Å². The van der Waals surface area contributed by atoms with Crippen LogP contribution >= 0.6 is 0 Å². The maximum Gasteiger partial charge on any atom is 0.215 e. The molecule has 2 aromatic rings.